The average Bonchev–Trinajstić information content (AvgIpc) is 3.23. The zero-order valence-electron chi connectivity index (χ0n) is 16.6. The van der Waals surface area contributed by atoms with Crippen molar-refractivity contribution in [2.45, 2.75) is 26.3 Å². The molecule has 3 aromatic rings. The highest BCUT2D eigenvalue weighted by molar-refractivity contribution is 7.10. The highest BCUT2D eigenvalue weighted by Crippen LogP contribution is 2.26. The standard InChI is InChI=1S/C22H24N4O2S/c1-16-6-3-4-8-19(16)28-21-13-20(23-15-24-21)25-9-10-26(17(2)14-25)22(27)12-18-7-5-11-29-18/h3-8,11,13,15,17H,9-10,12,14H2,1-2H3. The molecule has 29 heavy (non-hydrogen) atoms. The largest absolute Gasteiger partial charge is 0.439 e. The number of carbonyl (C=O) groups is 1. The predicted octanol–water partition coefficient (Wildman–Crippen LogP) is 3.92. The lowest BCUT2D eigenvalue weighted by Crippen LogP contribution is -2.54. The van der Waals surface area contributed by atoms with E-state index in [1.54, 1.807) is 11.3 Å². The summed E-state index contributed by atoms with van der Waals surface area (Å²) in [5.41, 5.74) is 1.05. The molecular formula is C22H24N4O2S. The molecule has 0 spiro atoms. The first kappa shape index (κ1) is 19.4. The van der Waals surface area contributed by atoms with Crippen molar-refractivity contribution in [3.05, 3.63) is 64.6 Å². The van der Waals surface area contributed by atoms with Crippen LogP contribution in [0.5, 0.6) is 11.6 Å². The lowest BCUT2D eigenvalue weighted by Gasteiger charge is -2.40. The van der Waals surface area contributed by atoms with Gasteiger partial charge in [0.05, 0.1) is 6.42 Å². The van der Waals surface area contributed by atoms with Crippen LogP contribution in [0, 0.1) is 6.92 Å². The molecule has 1 fully saturated rings. The molecule has 0 saturated carbocycles. The smallest absolute Gasteiger partial charge is 0.228 e. The number of aromatic nitrogens is 2. The van der Waals surface area contributed by atoms with Crippen LogP contribution in [0.4, 0.5) is 5.82 Å². The Kier molecular flexibility index (Phi) is 5.76. The molecule has 2 aromatic heterocycles. The summed E-state index contributed by atoms with van der Waals surface area (Å²) in [5, 5.41) is 2.01. The molecule has 0 bridgehead atoms. The van der Waals surface area contributed by atoms with E-state index in [4.69, 9.17) is 4.74 Å². The number of amides is 1. The van der Waals surface area contributed by atoms with Gasteiger partial charge in [0.25, 0.3) is 0 Å². The van der Waals surface area contributed by atoms with Gasteiger partial charge in [0.15, 0.2) is 0 Å². The van der Waals surface area contributed by atoms with Gasteiger partial charge in [0, 0.05) is 36.6 Å². The highest BCUT2D eigenvalue weighted by atomic mass is 32.1. The molecule has 6 nitrogen and oxygen atoms in total. The summed E-state index contributed by atoms with van der Waals surface area (Å²) in [4.78, 5) is 26.6. The van der Waals surface area contributed by atoms with Crippen LogP contribution in [0.15, 0.2) is 54.2 Å². The normalized spacial score (nSPS) is 16.7. The fraction of sp³-hybridized carbons (Fsp3) is 0.318. The highest BCUT2D eigenvalue weighted by Gasteiger charge is 2.28. The Morgan fingerprint density at radius 2 is 2.07 bits per heavy atom. The minimum absolute atomic E-state index is 0.118. The van der Waals surface area contributed by atoms with E-state index in [2.05, 4.69) is 21.8 Å². The number of carbonyl (C=O) groups excluding carboxylic acids is 1. The molecule has 0 radical (unpaired) electrons. The van der Waals surface area contributed by atoms with E-state index in [0.717, 1.165) is 35.1 Å². The van der Waals surface area contributed by atoms with E-state index in [9.17, 15) is 4.79 Å². The molecule has 0 N–H and O–H groups in total. The zero-order chi connectivity index (χ0) is 20.2. The Bertz CT molecular complexity index is 976. The van der Waals surface area contributed by atoms with Gasteiger partial charge >= 0.3 is 0 Å². The third-order valence-corrected chi connectivity index (χ3v) is 5.99. The summed E-state index contributed by atoms with van der Waals surface area (Å²) in [7, 11) is 0. The van der Waals surface area contributed by atoms with E-state index >= 15 is 0 Å². The van der Waals surface area contributed by atoms with Crippen LogP contribution in [-0.4, -0.2) is 46.5 Å². The van der Waals surface area contributed by atoms with E-state index in [-0.39, 0.29) is 11.9 Å². The number of anilines is 1. The Labute approximate surface area is 174 Å². The van der Waals surface area contributed by atoms with Crippen molar-refractivity contribution in [2.75, 3.05) is 24.5 Å². The summed E-state index contributed by atoms with van der Waals surface area (Å²) >= 11 is 1.63. The molecule has 150 valence electrons. The number of benzene rings is 1. The summed E-state index contributed by atoms with van der Waals surface area (Å²) in [6.45, 7) is 6.25. The maximum atomic E-state index is 12.7. The van der Waals surface area contributed by atoms with E-state index in [0.29, 0.717) is 18.8 Å². The lowest BCUT2D eigenvalue weighted by molar-refractivity contribution is -0.132. The molecule has 1 atom stereocenters. The molecule has 4 rings (SSSR count). The Morgan fingerprint density at radius 3 is 2.83 bits per heavy atom. The lowest BCUT2D eigenvalue weighted by atomic mass is 10.1. The molecule has 1 saturated heterocycles. The molecule has 1 aromatic carbocycles. The molecule has 1 aliphatic heterocycles. The molecule has 1 unspecified atom stereocenters. The number of hydrogen-bond acceptors (Lipinski definition) is 6. The fourth-order valence-corrected chi connectivity index (χ4v) is 4.24. The summed E-state index contributed by atoms with van der Waals surface area (Å²) in [6.07, 6.45) is 2.01. The van der Waals surface area contributed by atoms with Gasteiger partial charge < -0.3 is 14.5 Å². The molecule has 7 heteroatoms. The minimum atomic E-state index is 0.118. The number of piperazine rings is 1. The maximum absolute atomic E-state index is 12.7. The topological polar surface area (TPSA) is 58.6 Å². The Morgan fingerprint density at radius 1 is 1.21 bits per heavy atom. The molecule has 1 amide bonds. The number of aryl methyl sites for hydroxylation is 1. The van der Waals surface area contributed by atoms with Crippen molar-refractivity contribution in [3.8, 4) is 11.6 Å². The van der Waals surface area contributed by atoms with Gasteiger partial charge in [-0.2, -0.15) is 0 Å². The molecule has 3 heterocycles. The van der Waals surface area contributed by atoms with Crippen molar-refractivity contribution in [1.82, 2.24) is 14.9 Å². The molecular weight excluding hydrogens is 384 g/mol. The van der Waals surface area contributed by atoms with E-state index in [1.165, 1.54) is 6.33 Å². The molecule has 0 aliphatic carbocycles. The monoisotopic (exact) mass is 408 g/mol. The average molecular weight is 409 g/mol. The van der Waals surface area contributed by atoms with E-state index in [1.807, 2.05) is 59.7 Å². The van der Waals surface area contributed by atoms with Crippen LogP contribution in [0.3, 0.4) is 0 Å². The maximum Gasteiger partial charge on any atom is 0.228 e. The van der Waals surface area contributed by atoms with Gasteiger partial charge in [-0.15, -0.1) is 11.3 Å². The van der Waals surface area contributed by atoms with Crippen molar-refractivity contribution in [2.24, 2.45) is 0 Å². The van der Waals surface area contributed by atoms with Crippen LogP contribution in [0.1, 0.15) is 17.4 Å². The van der Waals surface area contributed by atoms with Gasteiger partial charge in [-0.25, -0.2) is 9.97 Å². The van der Waals surface area contributed by atoms with Gasteiger partial charge in [-0.3, -0.25) is 4.79 Å². The first-order valence-corrected chi connectivity index (χ1v) is 10.6. The van der Waals surface area contributed by atoms with Gasteiger partial charge in [0.1, 0.15) is 17.9 Å². The summed E-state index contributed by atoms with van der Waals surface area (Å²) < 4.78 is 5.94. The van der Waals surface area contributed by atoms with E-state index < -0.39 is 0 Å². The third-order valence-electron chi connectivity index (χ3n) is 5.11. The summed E-state index contributed by atoms with van der Waals surface area (Å²) in [6, 6.07) is 13.8. The van der Waals surface area contributed by atoms with Gasteiger partial charge in [-0.05, 0) is 36.9 Å². The quantitative estimate of drug-likeness (QED) is 0.640. The second kappa shape index (κ2) is 8.61. The fourth-order valence-electron chi connectivity index (χ4n) is 3.54. The minimum Gasteiger partial charge on any atom is -0.439 e. The summed E-state index contributed by atoms with van der Waals surface area (Å²) in [5.74, 6) is 2.31. The number of thiophene rings is 1. The Hall–Kier alpha value is -2.93. The molecule has 1 aliphatic rings. The van der Waals surface area contributed by atoms with Crippen LogP contribution in [0.2, 0.25) is 0 Å². The van der Waals surface area contributed by atoms with Crippen molar-refractivity contribution >= 4 is 23.1 Å². The second-order valence-corrected chi connectivity index (χ2v) is 8.25. The van der Waals surface area contributed by atoms with Crippen LogP contribution in [0.25, 0.3) is 0 Å². The third kappa shape index (κ3) is 4.56. The second-order valence-electron chi connectivity index (χ2n) is 7.22. The predicted molar refractivity (Wildman–Crippen MR) is 115 cm³/mol. The van der Waals surface area contributed by atoms with Crippen LogP contribution < -0.4 is 9.64 Å². The SMILES string of the molecule is Cc1ccccc1Oc1cc(N2CCN(C(=O)Cc3cccs3)C(C)C2)ncn1. The number of para-hydroxylation sites is 1. The Balaban J connectivity index is 1.41. The first-order valence-electron chi connectivity index (χ1n) is 9.72. The first-order chi connectivity index (χ1) is 14.1. The number of hydrogen-bond donors (Lipinski definition) is 0. The van der Waals surface area contributed by atoms with Gasteiger partial charge in [0.2, 0.25) is 11.8 Å². The van der Waals surface area contributed by atoms with Crippen molar-refractivity contribution in [3.63, 3.8) is 0 Å². The van der Waals surface area contributed by atoms with Crippen molar-refractivity contribution < 1.29 is 9.53 Å². The van der Waals surface area contributed by atoms with Gasteiger partial charge in [-0.1, -0.05) is 24.3 Å². The van der Waals surface area contributed by atoms with Crippen LogP contribution in [-0.2, 0) is 11.2 Å². The van der Waals surface area contributed by atoms with Crippen LogP contribution >= 0.6 is 11.3 Å². The number of rotatable bonds is 5. The van der Waals surface area contributed by atoms with Crippen molar-refractivity contribution in [1.29, 1.82) is 0 Å². The zero-order valence-corrected chi connectivity index (χ0v) is 17.4. The number of nitrogens with zero attached hydrogens (tertiary/aromatic N) is 4. The number of ether oxygens (including phenoxy) is 1.